The van der Waals surface area contributed by atoms with Gasteiger partial charge in [0.2, 0.25) is 0 Å². The number of hydrogen-bond acceptors (Lipinski definition) is 2. The third kappa shape index (κ3) is 4.23. The van der Waals surface area contributed by atoms with E-state index < -0.39 is 8.32 Å². The predicted octanol–water partition coefficient (Wildman–Crippen LogP) is 8.09. The van der Waals surface area contributed by atoms with Crippen molar-refractivity contribution in [3.8, 4) is 0 Å². The standard InChI is InChI=1S/C26H42O2Si/c1-8-29(9-2,10-3)28-23-18-20(4)22(13-12-21-14-17-27-19-21)26(7)16-11-15-25(5,6)24(23)26/h12-14,17,19,22-24H,4,8-11,15-16,18H2,1-3,5-7H3/b13-12+/t22-,23-,24-,26+/m0/s1. The van der Waals surface area contributed by atoms with Crippen molar-refractivity contribution in [2.75, 3.05) is 0 Å². The van der Waals surface area contributed by atoms with E-state index in [1.165, 1.54) is 43.0 Å². The Labute approximate surface area is 179 Å². The van der Waals surface area contributed by atoms with E-state index in [2.05, 4.69) is 60.3 Å². The van der Waals surface area contributed by atoms with Gasteiger partial charge in [-0.1, -0.05) is 72.3 Å². The summed E-state index contributed by atoms with van der Waals surface area (Å²) in [5.74, 6) is 0.979. The maximum atomic E-state index is 7.20. The molecular weight excluding hydrogens is 372 g/mol. The number of rotatable bonds is 7. The minimum absolute atomic E-state index is 0.206. The molecule has 3 rings (SSSR count). The summed E-state index contributed by atoms with van der Waals surface area (Å²) in [7, 11) is -1.66. The molecule has 0 unspecified atom stereocenters. The van der Waals surface area contributed by atoms with E-state index in [-0.39, 0.29) is 5.41 Å². The zero-order valence-electron chi connectivity index (χ0n) is 19.6. The lowest BCUT2D eigenvalue weighted by Crippen LogP contribution is -2.58. The van der Waals surface area contributed by atoms with Crippen molar-refractivity contribution in [2.45, 2.75) is 91.5 Å². The molecular formula is C26H42O2Si. The summed E-state index contributed by atoms with van der Waals surface area (Å²) in [5, 5.41) is 0. The van der Waals surface area contributed by atoms with Gasteiger partial charge in [-0.25, -0.2) is 0 Å². The molecule has 3 heteroatoms. The quantitative estimate of drug-likeness (QED) is 0.332. The van der Waals surface area contributed by atoms with Crippen molar-refractivity contribution in [2.24, 2.45) is 22.7 Å². The first-order chi connectivity index (χ1) is 13.7. The molecule has 1 heterocycles. The highest BCUT2D eigenvalue weighted by Gasteiger charge is 2.57. The lowest BCUT2D eigenvalue weighted by atomic mass is 9.47. The fourth-order valence-electron chi connectivity index (χ4n) is 6.74. The molecule has 0 bridgehead atoms. The zero-order valence-corrected chi connectivity index (χ0v) is 20.6. The molecule has 0 radical (unpaired) electrons. The number of allylic oxidation sites excluding steroid dienone is 1. The summed E-state index contributed by atoms with van der Waals surface area (Å²) < 4.78 is 12.5. The minimum Gasteiger partial charge on any atom is -0.472 e. The monoisotopic (exact) mass is 414 g/mol. The van der Waals surface area contributed by atoms with Gasteiger partial charge in [0, 0.05) is 11.5 Å². The van der Waals surface area contributed by atoms with Crippen molar-refractivity contribution >= 4 is 14.4 Å². The van der Waals surface area contributed by atoms with Gasteiger partial charge in [0.15, 0.2) is 8.32 Å². The van der Waals surface area contributed by atoms with Crippen LogP contribution in [0.15, 0.2) is 41.2 Å². The van der Waals surface area contributed by atoms with E-state index in [9.17, 15) is 0 Å². The summed E-state index contributed by atoms with van der Waals surface area (Å²) in [6.45, 7) is 19.1. The van der Waals surface area contributed by atoms with Crippen molar-refractivity contribution in [1.82, 2.24) is 0 Å². The maximum absolute atomic E-state index is 7.20. The van der Waals surface area contributed by atoms with Crippen molar-refractivity contribution in [3.05, 3.63) is 42.4 Å². The average molecular weight is 415 g/mol. The summed E-state index contributed by atoms with van der Waals surface area (Å²) in [6, 6.07) is 5.69. The highest BCUT2D eigenvalue weighted by Crippen LogP contribution is 2.62. The Morgan fingerprint density at radius 2 is 1.86 bits per heavy atom. The molecule has 2 saturated carbocycles. The van der Waals surface area contributed by atoms with Gasteiger partial charge in [0.1, 0.15) is 0 Å². The molecule has 2 nitrogen and oxygen atoms in total. The predicted molar refractivity (Wildman–Crippen MR) is 126 cm³/mol. The molecule has 0 aromatic carbocycles. The number of furan rings is 1. The Balaban J connectivity index is 1.97. The molecule has 2 aliphatic carbocycles. The molecule has 0 amide bonds. The number of hydrogen-bond donors (Lipinski definition) is 0. The summed E-state index contributed by atoms with van der Waals surface area (Å²) in [6.07, 6.45) is 13.4. The molecule has 162 valence electrons. The van der Waals surface area contributed by atoms with E-state index in [4.69, 9.17) is 8.84 Å². The summed E-state index contributed by atoms with van der Waals surface area (Å²) in [5.41, 5.74) is 3.01. The van der Waals surface area contributed by atoms with Crippen molar-refractivity contribution < 1.29 is 8.84 Å². The van der Waals surface area contributed by atoms with Crippen LogP contribution in [-0.4, -0.2) is 14.4 Å². The van der Waals surface area contributed by atoms with E-state index >= 15 is 0 Å². The summed E-state index contributed by atoms with van der Waals surface area (Å²) >= 11 is 0. The molecule has 0 spiro atoms. The topological polar surface area (TPSA) is 22.4 Å². The lowest BCUT2D eigenvalue weighted by Gasteiger charge is -2.61. The van der Waals surface area contributed by atoms with Gasteiger partial charge in [0.05, 0.1) is 18.6 Å². The van der Waals surface area contributed by atoms with Gasteiger partial charge in [-0.2, -0.15) is 0 Å². The van der Waals surface area contributed by atoms with Gasteiger partial charge in [-0.15, -0.1) is 0 Å². The summed E-state index contributed by atoms with van der Waals surface area (Å²) in [4.78, 5) is 0. The first-order valence-corrected chi connectivity index (χ1v) is 14.3. The van der Waals surface area contributed by atoms with Crippen LogP contribution < -0.4 is 0 Å². The van der Waals surface area contributed by atoms with Gasteiger partial charge < -0.3 is 8.84 Å². The molecule has 2 aliphatic rings. The van der Waals surface area contributed by atoms with Crippen LogP contribution in [0.2, 0.25) is 18.1 Å². The van der Waals surface area contributed by atoms with Crippen LogP contribution in [0.5, 0.6) is 0 Å². The average Bonchev–Trinajstić information content (AvgIpc) is 3.18. The van der Waals surface area contributed by atoms with Crippen LogP contribution >= 0.6 is 0 Å². The second kappa shape index (κ2) is 8.59. The first kappa shape index (κ1) is 22.6. The largest absolute Gasteiger partial charge is 0.472 e. The first-order valence-electron chi connectivity index (χ1n) is 11.8. The molecule has 29 heavy (non-hydrogen) atoms. The third-order valence-electron chi connectivity index (χ3n) is 8.43. The SMILES string of the molecule is C=C1C[C@H](O[Si](CC)(CC)CC)[C@H]2C(C)(C)CCC[C@]2(C)[C@H]1/C=C/c1ccoc1. The Morgan fingerprint density at radius 1 is 1.17 bits per heavy atom. The van der Waals surface area contributed by atoms with Crippen molar-refractivity contribution in [3.63, 3.8) is 0 Å². The van der Waals surface area contributed by atoms with Crippen LogP contribution in [0.1, 0.15) is 72.8 Å². The van der Waals surface area contributed by atoms with Gasteiger partial charge in [-0.3, -0.25) is 0 Å². The Hall–Kier alpha value is -1.06. The Kier molecular flexibility index (Phi) is 6.70. The Morgan fingerprint density at radius 3 is 2.45 bits per heavy atom. The molecule has 1 aromatic heterocycles. The highest BCUT2D eigenvalue weighted by atomic mass is 28.4. The molecule has 2 fully saturated rings. The molecule has 0 aliphatic heterocycles. The van der Waals surface area contributed by atoms with Gasteiger partial charge in [0.25, 0.3) is 0 Å². The number of fused-ring (bicyclic) bond motifs is 1. The van der Waals surface area contributed by atoms with E-state index in [0.717, 1.165) is 12.0 Å². The normalized spacial score (nSPS) is 32.5. The fourth-order valence-corrected chi connectivity index (χ4v) is 9.60. The molecule has 0 N–H and O–H groups in total. The van der Waals surface area contributed by atoms with E-state index in [1.54, 1.807) is 6.26 Å². The zero-order chi connectivity index (χ0) is 21.3. The van der Waals surface area contributed by atoms with Crippen molar-refractivity contribution in [1.29, 1.82) is 0 Å². The van der Waals surface area contributed by atoms with Crippen LogP contribution in [0, 0.1) is 22.7 Å². The van der Waals surface area contributed by atoms with Crippen LogP contribution in [0.3, 0.4) is 0 Å². The highest BCUT2D eigenvalue weighted by molar-refractivity contribution is 6.73. The second-order valence-electron chi connectivity index (χ2n) is 10.5. The van der Waals surface area contributed by atoms with Gasteiger partial charge >= 0.3 is 0 Å². The smallest absolute Gasteiger partial charge is 0.192 e. The minimum atomic E-state index is -1.66. The van der Waals surface area contributed by atoms with E-state index in [0.29, 0.717) is 23.4 Å². The maximum Gasteiger partial charge on any atom is 0.192 e. The van der Waals surface area contributed by atoms with E-state index in [1.807, 2.05) is 12.3 Å². The molecule has 0 saturated heterocycles. The van der Waals surface area contributed by atoms with Crippen LogP contribution in [0.4, 0.5) is 0 Å². The third-order valence-corrected chi connectivity index (χ3v) is 13.1. The van der Waals surface area contributed by atoms with Gasteiger partial charge in [-0.05, 0) is 60.2 Å². The molecule has 4 atom stereocenters. The Bertz CT molecular complexity index is 705. The second-order valence-corrected chi connectivity index (χ2v) is 15.2. The van der Waals surface area contributed by atoms with Crippen LogP contribution in [-0.2, 0) is 4.43 Å². The molecule has 1 aromatic rings. The lowest BCUT2D eigenvalue weighted by molar-refractivity contribution is -0.105. The van der Waals surface area contributed by atoms with Crippen LogP contribution in [0.25, 0.3) is 6.08 Å². The fraction of sp³-hybridized carbons (Fsp3) is 0.692.